The van der Waals surface area contributed by atoms with Crippen molar-refractivity contribution >= 4 is 0 Å². The largest absolute Gasteiger partial charge is 0.326 e. The first kappa shape index (κ1) is 13.5. The highest BCUT2D eigenvalue weighted by Crippen LogP contribution is 2.13. The Labute approximate surface area is 104 Å². The summed E-state index contributed by atoms with van der Waals surface area (Å²) in [5.41, 5.74) is 10.4. The maximum absolute atomic E-state index is 5.63. The fourth-order valence-corrected chi connectivity index (χ4v) is 1.75. The minimum absolute atomic E-state index is 0.601. The van der Waals surface area contributed by atoms with Crippen LogP contribution in [0.3, 0.4) is 0 Å². The van der Waals surface area contributed by atoms with Gasteiger partial charge in [-0.25, -0.2) is 0 Å². The molecule has 0 fully saturated rings. The maximum atomic E-state index is 5.63. The van der Waals surface area contributed by atoms with E-state index >= 15 is 0 Å². The lowest BCUT2D eigenvalue weighted by Crippen LogP contribution is -1.97. The van der Waals surface area contributed by atoms with Crippen molar-refractivity contribution < 1.29 is 0 Å². The quantitative estimate of drug-likeness (QED) is 0.736. The minimum atomic E-state index is 0.601. The summed E-state index contributed by atoms with van der Waals surface area (Å²) in [5.74, 6) is 0. The van der Waals surface area contributed by atoms with Crippen LogP contribution in [0.25, 0.3) is 0 Å². The Morgan fingerprint density at radius 1 is 1.35 bits per heavy atom. The fourth-order valence-electron chi connectivity index (χ4n) is 1.75. The molecule has 0 spiro atoms. The molecule has 0 unspecified atom stereocenters. The zero-order valence-corrected chi connectivity index (χ0v) is 10.6. The van der Waals surface area contributed by atoms with E-state index in [0.717, 1.165) is 18.4 Å². The molecule has 1 aromatic carbocycles. The van der Waals surface area contributed by atoms with Gasteiger partial charge in [-0.3, -0.25) is 0 Å². The highest BCUT2D eigenvalue weighted by atomic mass is 14.5. The van der Waals surface area contributed by atoms with E-state index in [1.807, 2.05) is 13.0 Å². The Hall–Kier alpha value is -1.60. The lowest BCUT2D eigenvalue weighted by atomic mass is 10.0. The minimum Gasteiger partial charge on any atom is -0.326 e. The van der Waals surface area contributed by atoms with Crippen molar-refractivity contribution in [2.45, 2.75) is 26.3 Å². The predicted octanol–water partition coefficient (Wildman–Crippen LogP) is 3.77. The first-order valence-electron chi connectivity index (χ1n) is 5.92. The van der Waals surface area contributed by atoms with E-state index in [9.17, 15) is 0 Å². The summed E-state index contributed by atoms with van der Waals surface area (Å²) in [7, 11) is 0. The van der Waals surface area contributed by atoms with Gasteiger partial charge in [0.05, 0.1) is 0 Å². The van der Waals surface area contributed by atoms with Gasteiger partial charge < -0.3 is 5.73 Å². The van der Waals surface area contributed by atoms with Crippen LogP contribution in [-0.2, 0) is 13.0 Å². The molecule has 0 amide bonds. The molecule has 0 bridgehead atoms. The van der Waals surface area contributed by atoms with Gasteiger partial charge in [-0.05, 0) is 36.5 Å². The van der Waals surface area contributed by atoms with Crippen LogP contribution in [0.15, 0.2) is 60.7 Å². The molecule has 17 heavy (non-hydrogen) atoms. The van der Waals surface area contributed by atoms with E-state index in [1.165, 1.54) is 16.7 Å². The van der Waals surface area contributed by atoms with Crippen molar-refractivity contribution in [3.63, 3.8) is 0 Å². The molecule has 0 saturated carbocycles. The number of aryl methyl sites for hydroxylation is 1. The Morgan fingerprint density at radius 2 is 2.06 bits per heavy atom. The summed E-state index contributed by atoms with van der Waals surface area (Å²) >= 11 is 0. The van der Waals surface area contributed by atoms with Crippen LogP contribution in [0, 0.1) is 0 Å². The summed E-state index contributed by atoms with van der Waals surface area (Å²) in [6, 6.07) is 8.43. The molecule has 1 heteroatoms. The molecule has 1 aromatic rings. The average Bonchev–Trinajstić information content (AvgIpc) is 2.34. The zero-order valence-electron chi connectivity index (χ0n) is 10.6. The molecule has 0 heterocycles. The third-order valence-corrected chi connectivity index (χ3v) is 2.62. The maximum Gasteiger partial charge on any atom is 0.0178 e. The van der Waals surface area contributed by atoms with Crippen molar-refractivity contribution in [2.24, 2.45) is 5.73 Å². The van der Waals surface area contributed by atoms with E-state index in [1.54, 1.807) is 0 Å². The van der Waals surface area contributed by atoms with Gasteiger partial charge in [-0.1, -0.05) is 55.1 Å². The van der Waals surface area contributed by atoms with Gasteiger partial charge in [-0.15, -0.1) is 0 Å². The molecular formula is C16H21N. The monoisotopic (exact) mass is 227 g/mol. The van der Waals surface area contributed by atoms with Gasteiger partial charge in [0.25, 0.3) is 0 Å². The van der Waals surface area contributed by atoms with Crippen LogP contribution in [0.1, 0.15) is 24.5 Å². The second-order valence-electron chi connectivity index (χ2n) is 4.29. The molecule has 0 saturated heterocycles. The van der Waals surface area contributed by atoms with Crippen LogP contribution in [0.5, 0.6) is 0 Å². The Morgan fingerprint density at radius 3 is 2.65 bits per heavy atom. The van der Waals surface area contributed by atoms with Crippen molar-refractivity contribution in [1.29, 1.82) is 0 Å². The standard InChI is InChI=1S/C16H21N/c1-4-14(10-13(2)3)8-9-15-6-5-7-16(11-15)12-17/h4-7,10-11H,1-2,8-9,12,17H2,3H3. The molecule has 90 valence electrons. The second kappa shape index (κ2) is 6.87. The van der Waals surface area contributed by atoms with E-state index in [2.05, 4.69) is 43.5 Å². The molecule has 0 aliphatic carbocycles. The number of hydrogen-bond donors (Lipinski definition) is 1. The summed E-state index contributed by atoms with van der Waals surface area (Å²) in [6.45, 7) is 10.3. The molecule has 0 aliphatic rings. The van der Waals surface area contributed by atoms with Gasteiger partial charge in [0.2, 0.25) is 0 Å². The predicted molar refractivity (Wildman–Crippen MR) is 75.7 cm³/mol. The lowest BCUT2D eigenvalue weighted by molar-refractivity contribution is 0.954. The molecule has 1 nitrogen and oxygen atoms in total. The fraction of sp³-hybridized carbons (Fsp3) is 0.250. The first-order valence-corrected chi connectivity index (χ1v) is 5.92. The Kier molecular flexibility index (Phi) is 5.44. The van der Waals surface area contributed by atoms with E-state index in [0.29, 0.717) is 6.54 Å². The number of rotatable bonds is 6. The Balaban J connectivity index is 2.65. The van der Waals surface area contributed by atoms with Crippen LogP contribution >= 0.6 is 0 Å². The van der Waals surface area contributed by atoms with Crippen molar-refractivity contribution in [1.82, 2.24) is 0 Å². The molecule has 0 aliphatic heterocycles. The van der Waals surface area contributed by atoms with Crippen molar-refractivity contribution in [2.75, 3.05) is 0 Å². The topological polar surface area (TPSA) is 26.0 Å². The zero-order chi connectivity index (χ0) is 12.7. The number of nitrogens with two attached hydrogens (primary N) is 1. The van der Waals surface area contributed by atoms with Crippen LogP contribution < -0.4 is 5.73 Å². The molecule has 0 atom stereocenters. The normalized spacial score (nSPS) is 11.3. The summed E-state index contributed by atoms with van der Waals surface area (Å²) < 4.78 is 0. The number of benzene rings is 1. The molecular weight excluding hydrogens is 206 g/mol. The molecule has 2 N–H and O–H groups in total. The summed E-state index contributed by atoms with van der Waals surface area (Å²) in [4.78, 5) is 0. The number of allylic oxidation sites excluding steroid dienone is 4. The molecule has 0 radical (unpaired) electrons. The van der Waals surface area contributed by atoms with Gasteiger partial charge in [0, 0.05) is 6.54 Å². The van der Waals surface area contributed by atoms with Crippen LogP contribution in [-0.4, -0.2) is 0 Å². The van der Waals surface area contributed by atoms with Crippen LogP contribution in [0.2, 0.25) is 0 Å². The third kappa shape index (κ3) is 4.83. The highest BCUT2D eigenvalue weighted by Gasteiger charge is 1.97. The van der Waals surface area contributed by atoms with Gasteiger partial charge in [-0.2, -0.15) is 0 Å². The van der Waals surface area contributed by atoms with E-state index < -0.39 is 0 Å². The summed E-state index contributed by atoms with van der Waals surface area (Å²) in [6.07, 6.45) is 5.99. The SMILES string of the molecule is C=CC(=CC(=C)C)CCc1cccc(CN)c1. The van der Waals surface area contributed by atoms with Crippen molar-refractivity contribution in [3.8, 4) is 0 Å². The molecule has 1 rings (SSSR count). The van der Waals surface area contributed by atoms with Crippen molar-refractivity contribution in [3.05, 3.63) is 71.8 Å². The van der Waals surface area contributed by atoms with E-state index in [4.69, 9.17) is 5.73 Å². The third-order valence-electron chi connectivity index (χ3n) is 2.62. The average molecular weight is 227 g/mol. The lowest BCUT2D eigenvalue weighted by Gasteiger charge is -2.05. The smallest absolute Gasteiger partial charge is 0.0178 e. The van der Waals surface area contributed by atoms with Gasteiger partial charge in [0.15, 0.2) is 0 Å². The van der Waals surface area contributed by atoms with E-state index in [-0.39, 0.29) is 0 Å². The first-order chi connectivity index (χ1) is 8.15. The Bertz CT molecular complexity index is 427. The highest BCUT2D eigenvalue weighted by molar-refractivity contribution is 5.29. The summed E-state index contributed by atoms with van der Waals surface area (Å²) in [5, 5.41) is 0. The number of hydrogen-bond acceptors (Lipinski definition) is 1. The van der Waals surface area contributed by atoms with Gasteiger partial charge in [0.1, 0.15) is 0 Å². The van der Waals surface area contributed by atoms with Gasteiger partial charge >= 0.3 is 0 Å². The van der Waals surface area contributed by atoms with Crippen LogP contribution in [0.4, 0.5) is 0 Å². The molecule has 0 aromatic heterocycles. The second-order valence-corrected chi connectivity index (χ2v) is 4.29.